The molecule has 0 saturated heterocycles. The molecule has 1 aromatic rings. The number of anilines is 1. The molecule has 2 aliphatic rings. The Balaban J connectivity index is 1.67. The Labute approximate surface area is 162 Å². The maximum atomic E-state index is 12.7. The lowest BCUT2D eigenvalue weighted by atomic mass is 9.84. The number of benzene rings is 1. The van der Waals surface area contributed by atoms with Crippen LogP contribution in [0.3, 0.4) is 0 Å². The molecule has 0 aromatic heterocycles. The smallest absolute Gasteiger partial charge is 0.240 e. The average molecular weight is 395 g/mol. The van der Waals surface area contributed by atoms with Gasteiger partial charge in [-0.15, -0.1) is 0 Å². The van der Waals surface area contributed by atoms with E-state index in [0.717, 1.165) is 30.5 Å². The number of fused-ring (bicyclic) bond motifs is 1. The van der Waals surface area contributed by atoms with Gasteiger partial charge in [0.2, 0.25) is 15.9 Å². The third-order valence-corrected chi connectivity index (χ3v) is 6.79. The highest BCUT2D eigenvalue weighted by Crippen LogP contribution is 2.38. The lowest BCUT2D eigenvalue weighted by Gasteiger charge is -2.32. The summed E-state index contributed by atoms with van der Waals surface area (Å²) in [5.74, 6) is 0.322. The van der Waals surface area contributed by atoms with Gasteiger partial charge in [-0.2, -0.15) is 0 Å². The minimum absolute atomic E-state index is 0.0761. The molecule has 1 aliphatic carbocycles. The summed E-state index contributed by atoms with van der Waals surface area (Å²) in [6.45, 7) is 6.80. The van der Waals surface area contributed by atoms with Gasteiger partial charge in [0.05, 0.1) is 11.0 Å². The summed E-state index contributed by atoms with van der Waals surface area (Å²) >= 11 is 0. The highest BCUT2D eigenvalue weighted by atomic mass is 32.2. The molecule has 1 atom stereocenters. The average Bonchev–Trinajstić information content (AvgIpc) is 2.87. The van der Waals surface area contributed by atoms with E-state index in [1.54, 1.807) is 18.2 Å². The molecule has 7 heteroatoms. The van der Waals surface area contributed by atoms with Crippen molar-refractivity contribution in [1.82, 2.24) is 4.72 Å². The fraction of sp³-hybridized carbons (Fsp3) is 0.650. The highest BCUT2D eigenvalue weighted by molar-refractivity contribution is 7.89. The molecule has 0 bridgehead atoms. The Morgan fingerprint density at radius 2 is 2.07 bits per heavy atom. The van der Waals surface area contributed by atoms with Crippen molar-refractivity contribution < 1.29 is 17.9 Å². The largest absolute Gasteiger partial charge is 0.379 e. The molecular weight excluding hydrogens is 364 g/mol. The summed E-state index contributed by atoms with van der Waals surface area (Å²) in [4.78, 5) is 14.8. The lowest BCUT2D eigenvalue weighted by Crippen LogP contribution is -2.42. The van der Waals surface area contributed by atoms with Gasteiger partial charge in [-0.05, 0) is 70.2 Å². The number of carbonyl (C=O) groups is 1. The summed E-state index contributed by atoms with van der Waals surface area (Å²) in [6, 6.07) is 5.18. The number of sulfonamides is 1. The van der Waals surface area contributed by atoms with Gasteiger partial charge in [0.1, 0.15) is 0 Å². The van der Waals surface area contributed by atoms with Crippen molar-refractivity contribution in [2.75, 3.05) is 18.1 Å². The van der Waals surface area contributed by atoms with Crippen LogP contribution in [0.4, 0.5) is 5.69 Å². The minimum atomic E-state index is -3.56. The van der Waals surface area contributed by atoms with E-state index in [9.17, 15) is 13.2 Å². The van der Waals surface area contributed by atoms with Crippen LogP contribution in [0.2, 0.25) is 0 Å². The van der Waals surface area contributed by atoms with E-state index in [1.807, 2.05) is 25.7 Å². The van der Waals surface area contributed by atoms with Crippen molar-refractivity contribution in [1.29, 1.82) is 0 Å². The highest BCUT2D eigenvalue weighted by Gasteiger charge is 2.37. The Hall–Kier alpha value is -1.44. The monoisotopic (exact) mass is 394 g/mol. The standard InChI is InChI=1S/C20H30N2O4S/c1-14(2)26-11-5-10-21-27(24,25)18-8-9-19-17(13-18)12-15(3)22(19)20(23)16-6-4-7-16/h8-9,13-16,21H,4-7,10-12H2,1-3H3/t15-/m1/s1. The molecule has 1 fully saturated rings. The van der Waals surface area contributed by atoms with Crippen LogP contribution in [0, 0.1) is 5.92 Å². The quantitative estimate of drug-likeness (QED) is 0.688. The molecule has 0 unspecified atom stereocenters. The van der Waals surface area contributed by atoms with Crippen molar-refractivity contribution in [3.63, 3.8) is 0 Å². The van der Waals surface area contributed by atoms with Crippen LogP contribution in [0.25, 0.3) is 0 Å². The summed E-state index contributed by atoms with van der Waals surface area (Å²) < 4.78 is 33.2. The van der Waals surface area contributed by atoms with Crippen LogP contribution >= 0.6 is 0 Å². The van der Waals surface area contributed by atoms with Gasteiger partial charge in [-0.25, -0.2) is 13.1 Å². The van der Waals surface area contributed by atoms with Crippen molar-refractivity contribution in [2.45, 2.75) is 69.9 Å². The molecule has 0 spiro atoms. The molecule has 1 aliphatic heterocycles. The van der Waals surface area contributed by atoms with Gasteiger partial charge < -0.3 is 9.64 Å². The zero-order chi connectivity index (χ0) is 19.6. The maximum Gasteiger partial charge on any atom is 0.240 e. The van der Waals surface area contributed by atoms with Crippen LogP contribution in [0.5, 0.6) is 0 Å². The van der Waals surface area contributed by atoms with Crippen molar-refractivity contribution in [3.05, 3.63) is 23.8 Å². The molecule has 1 heterocycles. The summed E-state index contributed by atoms with van der Waals surface area (Å²) in [5.41, 5.74) is 1.80. The summed E-state index contributed by atoms with van der Waals surface area (Å²) in [7, 11) is -3.56. The predicted octanol–water partition coefficient (Wildman–Crippen LogP) is 2.86. The number of ether oxygens (including phenoxy) is 1. The first-order valence-corrected chi connectivity index (χ1v) is 11.3. The van der Waals surface area contributed by atoms with E-state index in [2.05, 4.69) is 4.72 Å². The molecule has 1 N–H and O–H groups in total. The van der Waals surface area contributed by atoms with E-state index in [4.69, 9.17) is 4.74 Å². The first-order valence-electron chi connectivity index (χ1n) is 9.87. The summed E-state index contributed by atoms with van der Waals surface area (Å²) in [6.07, 6.45) is 4.52. The second-order valence-corrected chi connectivity index (χ2v) is 9.62. The molecule has 27 heavy (non-hydrogen) atoms. The second kappa shape index (κ2) is 8.29. The SMILES string of the molecule is CC(C)OCCCNS(=O)(=O)c1ccc2c(c1)C[C@@H](C)N2C(=O)C1CCC1. The normalized spacial score (nSPS) is 20.0. The Morgan fingerprint density at radius 3 is 2.70 bits per heavy atom. The molecular formula is C20H30N2O4S. The number of hydrogen-bond acceptors (Lipinski definition) is 4. The minimum Gasteiger partial charge on any atom is -0.379 e. The lowest BCUT2D eigenvalue weighted by molar-refractivity contribution is -0.125. The van der Waals surface area contributed by atoms with Crippen LogP contribution < -0.4 is 9.62 Å². The van der Waals surface area contributed by atoms with E-state index in [-0.39, 0.29) is 28.9 Å². The molecule has 150 valence electrons. The Morgan fingerprint density at radius 1 is 1.33 bits per heavy atom. The molecule has 6 nitrogen and oxygen atoms in total. The fourth-order valence-electron chi connectivity index (χ4n) is 3.64. The van der Waals surface area contributed by atoms with Crippen molar-refractivity contribution in [3.8, 4) is 0 Å². The molecule has 1 aromatic carbocycles. The first-order chi connectivity index (χ1) is 12.8. The van der Waals surface area contributed by atoms with Crippen LogP contribution in [-0.4, -0.2) is 39.6 Å². The number of carbonyl (C=O) groups excluding carboxylic acids is 1. The number of hydrogen-bond donors (Lipinski definition) is 1. The van der Waals surface area contributed by atoms with Gasteiger partial charge in [0, 0.05) is 30.8 Å². The molecule has 1 saturated carbocycles. The van der Waals surface area contributed by atoms with E-state index in [0.29, 0.717) is 26.0 Å². The molecule has 1 amide bonds. The zero-order valence-electron chi connectivity index (χ0n) is 16.4. The number of nitrogens with one attached hydrogen (secondary N) is 1. The van der Waals surface area contributed by atoms with Gasteiger partial charge in [-0.1, -0.05) is 6.42 Å². The number of rotatable bonds is 8. The Kier molecular flexibility index (Phi) is 6.23. The topological polar surface area (TPSA) is 75.7 Å². The van der Waals surface area contributed by atoms with Gasteiger partial charge in [0.15, 0.2) is 0 Å². The molecule has 3 rings (SSSR count). The van der Waals surface area contributed by atoms with Crippen LogP contribution in [0.1, 0.15) is 52.0 Å². The first kappa shape index (κ1) is 20.3. The zero-order valence-corrected chi connectivity index (χ0v) is 17.2. The third-order valence-electron chi connectivity index (χ3n) is 5.33. The van der Waals surface area contributed by atoms with E-state index in [1.165, 1.54) is 0 Å². The second-order valence-electron chi connectivity index (χ2n) is 7.85. The van der Waals surface area contributed by atoms with Crippen LogP contribution in [0.15, 0.2) is 23.1 Å². The van der Waals surface area contributed by atoms with E-state index >= 15 is 0 Å². The molecule has 0 radical (unpaired) electrons. The van der Waals surface area contributed by atoms with Crippen molar-refractivity contribution >= 4 is 21.6 Å². The van der Waals surface area contributed by atoms with E-state index < -0.39 is 10.0 Å². The van der Waals surface area contributed by atoms with Crippen molar-refractivity contribution in [2.24, 2.45) is 5.92 Å². The van der Waals surface area contributed by atoms with Gasteiger partial charge in [0.25, 0.3) is 0 Å². The Bertz CT molecular complexity index is 787. The predicted molar refractivity (Wildman–Crippen MR) is 105 cm³/mol. The maximum absolute atomic E-state index is 12.7. The third kappa shape index (κ3) is 4.52. The number of amides is 1. The summed E-state index contributed by atoms with van der Waals surface area (Å²) in [5, 5.41) is 0. The van der Waals surface area contributed by atoms with Gasteiger partial charge in [-0.3, -0.25) is 4.79 Å². The fourth-order valence-corrected chi connectivity index (χ4v) is 4.77. The number of nitrogens with zero attached hydrogens (tertiary/aromatic N) is 1. The van der Waals surface area contributed by atoms with Gasteiger partial charge >= 0.3 is 0 Å². The van der Waals surface area contributed by atoms with Crippen LogP contribution in [-0.2, 0) is 26.0 Å².